The van der Waals surface area contributed by atoms with E-state index in [1.54, 1.807) is 18.6 Å². The summed E-state index contributed by atoms with van der Waals surface area (Å²) in [5, 5.41) is 13.6. The van der Waals surface area contributed by atoms with Crippen LogP contribution in [0.3, 0.4) is 0 Å². The van der Waals surface area contributed by atoms with E-state index in [1.165, 1.54) is 12.3 Å². The Morgan fingerprint density at radius 3 is 3.00 bits per heavy atom. The molecule has 0 saturated carbocycles. The van der Waals surface area contributed by atoms with Gasteiger partial charge in [0.25, 0.3) is 5.82 Å². The molecule has 7 heteroatoms. The Balaban J connectivity index is 1.75. The molecule has 0 aromatic carbocycles. The summed E-state index contributed by atoms with van der Waals surface area (Å²) >= 11 is 0. The van der Waals surface area contributed by atoms with Crippen LogP contribution in [-0.4, -0.2) is 21.0 Å². The predicted molar refractivity (Wildman–Crippen MR) is 65.0 cm³/mol. The summed E-state index contributed by atoms with van der Waals surface area (Å²) in [4.78, 5) is 16.8. The largest absolute Gasteiger partial charge is 0.337 e. The summed E-state index contributed by atoms with van der Waals surface area (Å²) < 4.78 is 2.00. The maximum absolute atomic E-state index is 10.5. The first-order valence-corrected chi connectivity index (χ1v) is 5.61. The molecule has 0 aliphatic rings. The summed E-state index contributed by atoms with van der Waals surface area (Å²) in [6, 6.07) is 3.13. The Hall–Kier alpha value is -2.44. The van der Waals surface area contributed by atoms with Gasteiger partial charge in [0.05, 0.1) is 17.8 Å². The first kappa shape index (κ1) is 12.0. The molecule has 0 atom stereocenters. The van der Waals surface area contributed by atoms with E-state index in [1.807, 2.05) is 10.8 Å². The van der Waals surface area contributed by atoms with Crippen molar-refractivity contribution in [1.82, 2.24) is 9.55 Å². The molecule has 0 spiro atoms. The Labute approximate surface area is 104 Å². The lowest BCUT2D eigenvalue weighted by molar-refractivity contribution is -0.413. The van der Waals surface area contributed by atoms with E-state index in [0.717, 1.165) is 25.3 Å². The lowest BCUT2D eigenvalue weighted by atomic mass is 10.4. The van der Waals surface area contributed by atoms with Gasteiger partial charge in [0.15, 0.2) is 6.20 Å². The number of nitrogens with zero attached hydrogens (tertiary/aromatic N) is 3. The first-order valence-electron chi connectivity index (χ1n) is 5.61. The van der Waals surface area contributed by atoms with Crippen LogP contribution in [0.4, 0.5) is 11.5 Å². The number of nitro groups is 1. The number of aromatic amines is 1. The minimum absolute atomic E-state index is 0.0546. The number of aromatic nitrogens is 3. The first-order chi connectivity index (χ1) is 8.75. The van der Waals surface area contributed by atoms with Crippen LogP contribution in [0.1, 0.15) is 6.42 Å². The fraction of sp³-hybridized carbons (Fsp3) is 0.273. The van der Waals surface area contributed by atoms with Gasteiger partial charge in [-0.05, 0) is 0 Å². The molecule has 0 bridgehead atoms. The van der Waals surface area contributed by atoms with E-state index in [4.69, 9.17) is 0 Å². The molecule has 0 saturated heterocycles. The summed E-state index contributed by atoms with van der Waals surface area (Å²) in [6.07, 6.45) is 7.76. The van der Waals surface area contributed by atoms with Crippen molar-refractivity contribution in [1.29, 1.82) is 0 Å². The quantitative estimate of drug-likeness (QED) is 0.471. The number of H-pyrrole nitrogens is 1. The second-order valence-corrected chi connectivity index (χ2v) is 3.80. The molecule has 0 aliphatic carbocycles. The van der Waals surface area contributed by atoms with Gasteiger partial charge >= 0.3 is 5.69 Å². The zero-order valence-corrected chi connectivity index (χ0v) is 9.74. The van der Waals surface area contributed by atoms with Crippen LogP contribution < -0.4 is 10.3 Å². The van der Waals surface area contributed by atoms with E-state index in [-0.39, 0.29) is 5.69 Å². The van der Waals surface area contributed by atoms with Crippen molar-refractivity contribution in [3.05, 3.63) is 47.2 Å². The molecule has 0 unspecified atom stereocenters. The molecule has 2 N–H and O–H groups in total. The fourth-order valence-corrected chi connectivity index (χ4v) is 1.54. The van der Waals surface area contributed by atoms with E-state index < -0.39 is 4.92 Å². The van der Waals surface area contributed by atoms with Crippen LogP contribution in [0, 0.1) is 10.1 Å². The number of nitrogens with one attached hydrogen (secondary N) is 2. The van der Waals surface area contributed by atoms with Gasteiger partial charge in [0, 0.05) is 37.5 Å². The van der Waals surface area contributed by atoms with Gasteiger partial charge in [-0.25, -0.2) is 9.97 Å². The van der Waals surface area contributed by atoms with Crippen LogP contribution >= 0.6 is 0 Å². The number of imidazole rings is 1. The molecule has 18 heavy (non-hydrogen) atoms. The lowest BCUT2D eigenvalue weighted by Gasteiger charge is -2.00. The molecule has 0 amide bonds. The van der Waals surface area contributed by atoms with Crippen LogP contribution in [0.5, 0.6) is 0 Å². The normalized spacial score (nSPS) is 10.2. The lowest BCUT2D eigenvalue weighted by Crippen LogP contribution is -2.15. The smallest absolute Gasteiger partial charge is 0.308 e. The topological polar surface area (TPSA) is 87.1 Å². The van der Waals surface area contributed by atoms with Crippen LogP contribution in [0.25, 0.3) is 0 Å². The van der Waals surface area contributed by atoms with Gasteiger partial charge in [0.2, 0.25) is 0 Å². The molecule has 2 heterocycles. The van der Waals surface area contributed by atoms with Crippen molar-refractivity contribution in [3.8, 4) is 0 Å². The minimum atomic E-state index is -0.431. The highest BCUT2D eigenvalue weighted by Crippen LogP contribution is 2.08. The van der Waals surface area contributed by atoms with E-state index in [0.29, 0.717) is 0 Å². The van der Waals surface area contributed by atoms with Gasteiger partial charge < -0.3 is 4.57 Å². The zero-order chi connectivity index (χ0) is 12.8. The van der Waals surface area contributed by atoms with Gasteiger partial charge in [-0.1, -0.05) is 0 Å². The van der Waals surface area contributed by atoms with Crippen LogP contribution in [0.2, 0.25) is 0 Å². The highest BCUT2D eigenvalue weighted by atomic mass is 16.6. The summed E-state index contributed by atoms with van der Waals surface area (Å²) in [6.45, 7) is 1.67. The number of hydrogen-bond acceptors (Lipinski definition) is 4. The summed E-state index contributed by atoms with van der Waals surface area (Å²) in [5.74, 6) is 0.770. The minimum Gasteiger partial charge on any atom is -0.337 e. The average Bonchev–Trinajstić information content (AvgIpc) is 2.88. The third kappa shape index (κ3) is 3.27. The molecule has 0 radical (unpaired) electrons. The average molecular weight is 248 g/mol. The monoisotopic (exact) mass is 248 g/mol. The fourth-order valence-electron chi connectivity index (χ4n) is 1.54. The van der Waals surface area contributed by atoms with Crippen LogP contribution in [0.15, 0.2) is 37.1 Å². The standard InChI is InChI=1S/C11H13N5O2/c17-16(18)10-2-3-11(14-8-10)13-4-1-6-15-7-5-12-9-15/h2-3,5,7-9H,1,4,6H2,(H,13,14)/p+1. The van der Waals surface area contributed by atoms with Gasteiger partial charge in [-0.15, -0.1) is 0 Å². The predicted octanol–water partition coefficient (Wildman–Crippen LogP) is 1.11. The second-order valence-electron chi connectivity index (χ2n) is 3.80. The maximum atomic E-state index is 10.5. The molecular formula is C11H14N5O2+. The van der Waals surface area contributed by atoms with E-state index in [9.17, 15) is 10.1 Å². The third-order valence-corrected chi connectivity index (χ3v) is 2.47. The Morgan fingerprint density at radius 2 is 2.39 bits per heavy atom. The van der Waals surface area contributed by atoms with Crippen molar-refractivity contribution >= 4 is 11.5 Å². The van der Waals surface area contributed by atoms with Crippen molar-refractivity contribution in [2.24, 2.45) is 0 Å². The Morgan fingerprint density at radius 1 is 1.50 bits per heavy atom. The van der Waals surface area contributed by atoms with Crippen molar-refractivity contribution in [2.45, 2.75) is 13.0 Å². The SMILES string of the molecule is O=[N+]([O-])c1ccc(NCCCn2ccnc2)[nH+]c1. The van der Waals surface area contributed by atoms with Crippen molar-refractivity contribution in [2.75, 3.05) is 11.9 Å². The molecular weight excluding hydrogens is 234 g/mol. The molecule has 94 valence electrons. The van der Waals surface area contributed by atoms with Crippen LogP contribution in [-0.2, 0) is 6.54 Å². The summed E-state index contributed by atoms with van der Waals surface area (Å²) in [5.41, 5.74) is 0.0546. The molecule has 2 aromatic rings. The molecule has 2 aromatic heterocycles. The van der Waals surface area contributed by atoms with E-state index in [2.05, 4.69) is 15.3 Å². The van der Waals surface area contributed by atoms with Gasteiger partial charge in [-0.3, -0.25) is 15.4 Å². The highest BCUT2D eigenvalue weighted by Gasteiger charge is 2.08. The second kappa shape index (κ2) is 5.76. The number of pyridine rings is 1. The van der Waals surface area contributed by atoms with E-state index >= 15 is 0 Å². The Bertz CT molecular complexity index is 495. The number of hydrogen-bond donors (Lipinski definition) is 1. The zero-order valence-electron chi connectivity index (χ0n) is 9.74. The van der Waals surface area contributed by atoms with Gasteiger partial charge in [0.1, 0.15) is 0 Å². The number of aryl methyl sites for hydroxylation is 1. The van der Waals surface area contributed by atoms with Gasteiger partial charge in [-0.2, -0.15) is 0 Å². The highest BCUT2D eigenvalue weighted by molar-refractivity contribution is 5.33. The molecule has 2 rings (SSSR count). The number of rotatable bonds is 6. The maximum Gasteiger partial charge on any atom is 0.308 e. The Kier molecular flexibility index (Phi) is 3.85. The molecule has 7 nitrogen and oxygen atoms in total. The number of anilines is 1. The third-order valence-electron chi connectivity index (χ3n) is 2.47. The van der Waals surface area contributed by atoms with Crippen molar-refractivity contribution < 1.29 is 9.91 Å². The molecule has 0 aliphatic heterocycles. The van der Waals surface area contributed by atoms with Crippen molar-refractivity contribution in [3.63, 3.8) is 0 Å². The summed E-state index contributed by atoms with van der Waals surface area (Å²) in [7, 11) is 0. The molecule has 0 fully saturated rings.